The molecule has 0 unspecified atom stereocenters. The summed E-state index contributed by atoms with van der Waals surface area (Å²) in [4.78, 5) is 22.7. The van der Waals surface area contributed by atoms with Crippen LogP contribution in [0.25, 0.3) is 32.8 Å². The number of aromatic hydroxyl groups is 1. The summed E-state index contributed by atoms with van der Waals surface area (Å²) in [5, 5.41) is 21.5. The van der Waals surface area contributed by atoms with E-state index in [1.807, 2.05) is 14.1 Å². The van der Waals surface area contributed by atoms with Crippen LogP contribution in [0, 0.1) is 29.8 Å². The van der Waals surface area contributed by atoms with Gasteiger partial charge in [0.2, 0.25) is 0 Å². The fourth-order valence-electron chi connectivity index (χ4n) is 7.91. The lowest BCUT2D eigenvalue weighted by Gasteiger charge is -2.47. The Morgan fingerprint density at radius 1 is 1.04 bits per heavy atom. The van der Waals surface area contributed by atoms with Crippen LogP contribution in [0.15, 0.2) is 24.3 Å². The second kappa shape index (κ2) is 14.7. The minimum atomic E-state index is -5.08. The molecule has 0 radical (unpaired) electrons. The van der Waals surface area contributed by atoms with Crippen LogP contribution in [0.4, 0.5) is 32.2 Å². The molecule has 0 bridgehead atoms. The van der Waals surface area contributed by atoms with Gasteiger partial charge in [0.25, 0.3) is 0 Å². The van der Waals surface area contributed by atoms with Crippen LogP contribution in [0.2, 0.25) is 0 Å². The second-order valence-electron chi connectivity index (χ2n) is 14.1. The van der Waals surface area contributed by atoms with Gasteiger partial charge in [-0.05, 0) is 95.7 Å². The molecule has 7 rings (SSSR count). The second-order valence-corrected chi connectivity index (χ2v) is 14.1. The van der Waals surface area contributed by atoms with Gasteiger partial charge in [0, 0.05) is 23.0 Å². The number of terminal acetylenes is 1. The predicted octanol–water partition coefficient (Wildman–Crippen LogP) is 7.10. The van der Waals surface area contributed by atoms with Crippen molar-refractivity contribution in [1.29, 1.82) is 0 Å². The van der Waals surface area contributed by atoms with Crippen molar-refractivity contribution in [1.82, 2.24) is 19.8 Å². The summed E-state index contributed by atoms with van der Waals surface area (Å²) < 4.78 is 92.2. The topological polar surface area (TPSA) is 120 Å². The van der Waals surface area contributed by atoms with E-state index in [2.05, 4.69) is 31.0 Å². The standard InChI is InChI=1S/C36H38F3N5O3.C2HF3O2/c1-5-23-25(37)10-9-21-17-22(45)18-24(26(21)23)27-29(38)31-28(32(46-4)30(27)39)33(40-19-35(43(2)3)11-6-12-35)42-34(41-31)47-20-36-13-7-15-44(36)16-8-14-36;3-2(4,5)1(6)7/h1,9-10,17-18,45H,6-8,11-16,19-20H2,2-4H3,(H,40,41,42);(H,6,7). The molecule has 2 saturated heterocycles. The summed E-state index contributed by atoms with van der Waals surface area (Å²) in [6.45, 7) is 2.83. The van der Waals surface area contributed by atoms with Crippen molar-refractivity contribution >= 4 is 33.5 Å². The Morgan fingerprint density at radius 3 is 2.26 bits per heavy atom. The summed E-state index contributed by atoms with van der Waals surface area (Å²) in [7, 11) is 5.31. The SMILES string of the molecule is C#Cc1c(F)ccc2cc(O)cc(-c3c(F)c(OC)c4c(NCC5(N(C)C)CCC5)nc(OCC56CCCN5CCC6)nc4c3F)c12.O=C(O)C(F)(F)F. The van der Waals surface area contributed by atoms with E-state index in [-0.39, 0.29) is 61.8 Å². The molecule has 3 N–H and O–H groups in total. The van der Waals surface area contributed by atoms with E-state index in [1.54, 1.807) is 0 Å². The Bertz CT molecular complexity index is 2140. The van der Waals surface area contributed by atoms with E-state index >= 15 is 8.78 Å². The van der Waals surface area contributed by atoms with Gasteiger partial charge in [-0.1, -0.05) is 12.0 Å². The predicted molar refractivity (Wildman–Crippen MR) is 189 cm³/mol. The van der Waals surface area contributed by atoms with Gasteiger partial charge in [-0.25, -0.2) is 18.0 Å². The highest BCUT2D eigenvalue weighted by molar-refractivity contribution is 6.06. The zero-order valence-electron chi connectivity index (χ0n) is 29.8. The number of alkyl halides is 3. The molecule has 2 aliphatic heterocycles. The van der Waals surface area contributed by atoms with Gasteiger partial charge < -0.3 is 29.9 Å². The summed E-state index contributed by atoms with van der Waals surface area (Å²) in [6.07, 6.45) is 7.72. The summed E-state index contributed by atoms with van der Waals surface area (Å²) in [5.41, 5.74) is -1.38. The third kappa shape index (κ3) is 6.90. The molecule has 3 fully saturated rings. The number of fused-ring (bicyclic) bond motifs is 3. The number of benzene rings is 3. The summed E-state index contributed by atoms with van der Waals surface area (Å²) in [5.74, 6) is -3.68. The van der Waals surface area contributed by atoms with Crippen molar-refractivity contribution < 1.29 is 50.8 Å². The highest BCUT2D eigenvalue weighted by atomic mass is 19.4. The molecule has 0 amide bonds. The van der Waals surface area contributed by atoms with E-state index in [1.165, 1.54) is 25.3 Å². The summed E-state index contributed by atoms with van der Waals surface area (Å²) in [6, 6.07) is 5.03. The van der Waals surface area contributed by atoms with Crippen molar-refractivity contribution in [3.05, 3.63) is 47.3 Å². The first-order valence-corrected chi connectivity index (χ1v) is 17.3. The number of ether oxygens (including phenoxy) is 2. The van der Waals surface area contributed by atoms with Crippen molar-refractivity contribution in [2.75, 3.05) is 52.8 Å². The number of aromatic nitrogens is 2. The number of nitrogens with one attached hydrogen (secondary N) is 1. The fraction of sp³-hybridized carbons (Fsp3) is 0.447. The van der Waals surface area contributed by atoms with E-state index in [4.69, 9.17) is 25.8 Å². The number of anilines is 1. The summed E-state index contributed by atoms with van der Waals surface area (Å²) >= 11 is 0. The highest BCUT2D eigenvalue weighted by Gasteiger charge is 2.45. The monoisotopic (exact) mass is 759 g/mol. The molecule has 0 spiro atoms. The number of carboxylic acid groups (broad SMARTS) is 1. The maximum absolute atomic E-state index is 17.0. The van der Waals surface area contributed by atoms with Gasteiger partial charge in [-0.3, -0.25) is 4.90 Å². The first-order chi connectivity index (χ1) is 25.6. The number of aliphatic carboxylic acids is 1. The van der Waals surface area contributed by atoms with Crippen LogP contribution in [-0.4, -0.2) is 101 Å². The number of phenolic OH excluding ortho intramolecular Hbond substituents is 1. The molecule has 3 aromatic carbocycles. The molecule has 16 heteroatoms. The first kappa shape index (κ1) is 38.7. The number of hydrogen-bond acceptors (Lipinski definition) is 9. The number of methoxy groups -OCH3 is 1. The van der Waals surface area contributed by atoms with Crippen LogP contribution in [0.5, 0.6) is 17.5 Å². The van der Waals surface area contributed by atoms with E-state index < -0.39 is 35.2 Å². The Labute approximate surface area is 307 Å². The maximum Gasteiger partial charge on any atom is 0.490 e. The highest BCUT2D eigenvalue weighted by Crippen LogP contribution is 2.46. The van der Waals surface area contributed by atoms with E-state index in [0.717, 1.165) is 64.1 Å². The largest absolute Gasteiger partial charge is 0.508 e. The van der Waals surface area contributed by atoms with Gasteiger partial charge in [-0.15, -0.1) is 6.42 Å². The molecule has 3 aliphatic rings. The number of phenols is 1. The normalized spacial score (nSPS) is 17.4. The molecule has 1 aromatic heterocycles. The Balaban J connectivity index is 0.000000649. The zero-order valence-corrected chi connectivity index (χ0v) is 29.8. The number of carboxylic acids is 1. The average molecular weight is 760 g/mol. The number of nitrogens with zero attached hydrogens (tertiary/aromatic N) is 4. The van der Waals surface area contributed by atoms with Gasteiger partial charge in [0.15, 0.2) is 17.4 Å². The minimum absolute atomic E-state index is 0.0150. The molecule has 288 valence electrons. The van der Waals surface area contributed by atoms with Crippen LogP contribution < -0.4 is 14.8 Å². The van der Waals surface area contributed by atoms with Crippen LogP contribution >= 0.6 is 0 Å². The van der Waals surface area contributed by atoms with Gasteiger partial charge in [0.05, 0.1) is 29.2 Å². The van der Waals surface area contributed by atoms with E-state index in [9.17, 15) is 22.7 Å². The van der Waals surface area contributed by atoms with Gasteiger partial charge >= 0.3 is 18.2 Å². The first-order valence-electron chi connectivity index (χ1n) is 17.3. The van der Waals surface area contributed by atoms with Gasteiger partial charge in [0.1, 0.15) is 29.5 Å². The lowest BCUT2D eigenvalue weighted by Crippen LogP contribution is -2.54. The quantitative estimate of drug-likeness (QED) is 0.121. The van der Waals surface area contributed by atoms with Crippen molar-refractivity contribution in [3.63, 3.8) is 0 Å². The third-order valence-corrected chi connectivity index (χ3v) is 11.0. The molecular formula is C38H39F6N5O5. The molecule has 0 atom stereocenters. The number of carbonyl (C=O) groups is 1. The van der Waals surface area contributed by atoms with Crippen LogP contribution in [0.1, 0.15) is 50.5 Å². The number of likely N-dealkylation sites (N-methyl/N-ethyl adjacent to an activating group) is 1. The van der Waals surface area contributed by atoms with Crippen molar-refractivity contribution in [2.45, 2.75) is 62.2 Å². The molecular weight excluding hydrogens is 720 g/mol. The number of halogens is 6. The Hall–Kier alpha value is -5.01. The zero-order chi connectivity index (χ0) is 39.2. The van der Waals surface area contributed by atoms with Crippen LogP contribution in [-0.2, 0) is 4.79 Å². The molecule has 3 heterocycles. The number of hydrogen-bond donors (Lipinski definition) is 3. The molecule has 1 saturated carbocycles. The molecule has 1 aliphatic carbocycles. The number of rotatable bonds is 9. The lowest BCUT2D eigenvalue weighted by molar-refractivity contribution is -0.192. The Morgan fingerprint density at radius 2 is 1.70 bits per heavy atom. The van der Waals surface area contributed by atoms with Crippen molar-refractivity contribution in [3.8, 4) is 41.0 Å². The minimum Gasteiger partial charge on any atom is -0.508 e. The van der Waals surface area contributed by atoms with Gasteiger partial charge in [-0.2, -0.15) is 23.1 Å². The van der Waals surface area contributed by atoms with Crippen molar-refractivity contribution in [2.24, 2.45) is 0 Å². The lowest BCUT2D eigenvalue weighted by atomic mass is 9.75. The Kier molecular flexibility index (Phi) is 10.5. The van der Waals surface area contributed by atoms with Crippen LogP contribution in [0.3, 0.4) is 0 Å². The van der Waals surface area contributed by atoms with E-state index in [0.29, 0.717) is 18.5 Å². The third-order valence-electron chi connectivity index (χ3n) is 11.0. The fourth-order valence-corrected chi connectivity index (χ4v) is 7.91. The smallest absolute Gasteiger partial charge is 0.490 e. The molecule has 4 aromatic rings. The average Bonchev–Trinajstić information content (AvgIpc) is 3.68. The maximum atomic E-state index is 17.0. The molecule has 10 nitrogen and oxygen atoms in total. The molecule has 54 heavy (non-hydrogen) atoms.